The van der Waals surface area contributed by atoms with Gasteiger partial charge in [-0.1, -0.05) is 5.92 Å². The number of ether oxygens (including phenoxy) is 1. The van der Waals surface area contributed by atoms with Crippen LogP contribution in [0.25, 0.3) is 0 Å². The molecule has 0 saturated carbocycles. The van der Waals surface area contributed by atoms with Crippen molar-refractivity contribution in [3.8, 4) is 18.1 Å². The second-order valence-corrected chi connectivity index (χ2v) is 5.81. The van der Waals surface area contributed by atoms with Crippen LogP contribution in [0.15, 0.2) is 29.0 Å². The summed E-state index contributed by atoms with van der Waals surface area (Å²) in [5, 5.41) is 3.46. The molecule has 2 aliphatic heterocycles. The molecule has 1 aromatic carbocycles. The lowest BCUT2D eigenvalue weighted by Gasteiger charge is -2.27. The molecule has 3 rings (SSSR count). The Morgan fingerprint density at radius 1 is 1.41 bits per heavy atom. The van der Waals surface area contributed by atoms with E-state index in [1.165, 1.54) is 0 Å². The van der Waals surface area contributed by atoms with Gasteiger partial charge in [0.2, 0.25) is 5.82 Å². The Labute approximate surface area is 150 Å². The highest BCUT2D eigenvalue weighted by molar-refractivity contribution is 5.98. The van der Waals surface area contributed by atoms with Crippen molar-refractivity contribution >= 4 is 23.2 Å². The molecule has 6 nitrogen and oxygen atoms in total. The van der Waals surface area contributed by atoms with Crippen LogP contribution in [-0.2, 0) is 9.59 Å². The molecule has 1 atom stereocenters. The molecule has 2 heterocycles. The number of amides is 2. The van der Waals surface area contributed by atoms with Gasteiger partial charge in [0.05, 0.1) is 17.8 Å². The fourth-order valence-corrected chi connectivity index (χ4v) is 2.74. The third kappa shape index (κ3) is 3.16. The number of azo groups is 2. The highest BCUT2D eigenvalue weighted by Crippen LogP contribution is 2.40. The Bertz CT molecular complexity index is 944. The van der Waals surface area contributed by atoms with Gasteiger partial charge in [0.15, 0.2) is 6.61 Å². The zero-order valence-corrected chi connectivity index (χ0v) is 13.9. The Balaban J connectivity index is 2.12. The maximum absolute atomic E-state index is 14.5. The summed E-state index contributed by atoms with van der Waals surface area (Å²) in [6.07, 6.45) is 0.974. The number of halogens is 4. The quantitative estimate of drug-likeness (QED) is 0.449. The lowest BCUT2D eigenvalue weighted by Crippen LogP contribution is -2.39. The first-order valence-electron chi connectivity index (χ1n) is 7.67. The molecule has 0 aromatic heterocycles. The van der Waals surface area contributed by atoms with Crippen molar-refractivity contribution in [1.82, 2.24) is 0 Å². The van der Waals surface area contributed by atoms with Crippen molar-refractivity contribution in [2.24, 2.45) is 11.0 Å². The normalized spacial score (nSPS) is 19.7. The molecule has 1 unspecified atom stereocenters. The lowest BCUT2D eigenvalue weighted by molar-refractivity contribution is -0.439. The van der Waals surface area contributed by atoms with Gasteiger partial charge in [0.25, 0.3) is 11.6 Å². The van der Waals surface area contributed by atoms with Crippen LogP contribution in [-0.4, -0.2) is 35.8 Å². The third-order valence-corrected chi connectivity index (χ3v) is 4.13. The minimum atomic E-state index is -4.73. The van der Waals surface area contributed by atoms with Gasteiger partial charge in [0.1, 0.15) is 17.9 Å². The number of alkyl halides is 3. The summed E-state index contributed by atoms with van der Waals surface area (Å²) in [7, 11) is 0. The van der Waals surface area contributed by atoms with E-state index < -0.39 is 41.0 Å². The predicted octanol–water partition coefficient (Wildman–Crippen LogP) is 2.90. The van der Waals surface area contributed by atoms with E-state index in [9.17, 15) is 27.2 Å². The molecule has 0 radical (unpaired) electrons. The highest BCUT2D eigenvalue weighted by atomic mass is 19.4. The average molecular weight is 382 g/mol. The molecule has 2 amide bonds. The standard InChI is InChI=1S/C17H12F4N3O3/c1-3-4-23-13-6-12(11(18)5-14(13)27-8-15(23)25)24-16(26)9(2)10(7-22-24)17(19,20)21/h1,5-7,9H,4,8H2,2H3/q+1. The summed E-state index contributed by atoms with van der Waals surface area (Å²) in [6.45, 7) is 0.589. The maximum atomic E-state index is 14.5. The third-order valence-electron chi connectivity index (χ3n) is 4.13. The molecule has 140 valence electrons. The van der Waals surface area contributed by atoms with E-state index in [0.29, 0.717) is 10.9 Å². The first kappa shape index (κ1) is 18.6. The van der Waals surface area contributed by atoms with Crippen LogP contribution >= 0.6 is 0 Å². The number of hydrogen-bond donors (Lipinski definition) is 0. The molecule has 0 spiro atoms. The number of hydrogen-bond acceptors (Lipinski definition) is 4. The fraction of sp³-hybridized carbons (Fsp3) is 0.294. The summed E-state index contributed by atoms with van der Waals surface area (Å²) in [6, 6.07) is 2.02. The Hall–Kier alpha value is -3.22. The average Bonchev–Trinajstić information content (AvgIpc) is 2.59. The van der Waals surface area contributed by atoms with Crippen LogP contribution in [0.3, 0.4) is 0 Å². The van der Waals surface area contributed by atoms with Crippen molar-refractivity contribution in [1.29, 1.82) is 0 Å². The van der Waals surface area contributed by atoms with Gasteiger partial charge < -0.3 is 4.74 Å². The van der Waals surface area contributed by atoms with Crippen molar-refractivity contribution in [3.63, 3.8) is 0 Å². The molecule has 27 heavy (non-hydrogen) atoms. The van der Waals surface area contributed by atoms with E-state index in [1.807, 2.05) is 0 Å². The van der Waals surface area contributed by atoms with E-state index in [1.54, 1.807) is 0 Å². The van der Waals surface area contributed by atoms with Gasteiger partial charge in [-0.3, -0.25) is 9.69 Å². The van der Waals surface area contributed by atoms with Gasteiger partial charge in [-0.2, -0.15) is 17.6 Å². The van der Waals surface area contributed by atoms with E-state index >= 15 is 0 Å². The van der Waals surface area contributed by atoms with Crippen LogP contribution in [0.4, 0.5) is 28.9 Å². The fourth-order valence-electron chi connectivity index (χ4n) is 2.74. The largest absolute Gasteiger partial charge is 0.481 e. The molecular weight excluding hydrogens is 370 g/mol. The summed E-state index contributed by atoms with van der Waals surface area (Å²) in [4.78, 5) is 25.5. The second kappa shape index (κ2) is 6.50. The molecule has 1 aromatic rings. The molecule has 0 N–H and O–H groups in total. The Morgan fingerprint density at radius 2 is 2.11 bits per heavy atom. The van der Waals surface area contributed by atoms with Crippen molar-refractivity contribution in [2.75, 3.05) is 18.1 Å². The summed E-state index contributed by atoms with van der Waals surface area (Å²) in [5.41, 5.74) is -1.44. The van der Waals surface area contributed by atoms with Gasteiger partial charge >= 0.3 is 12.1 Å². The molecule has 2 aliphatic rings. The van der Waals surface area contributed by atoms with Crippen molar-refractivity contribution < 1.29 is 36.6 Å². The minimum absolute atomic E-state index is 0.0233. The van der Waals surface area contributed by atoms with E-state index in [-0.39, 0.29) is 24.6 Å². The van der Waals surface area contributed by atoms with Crippen LogP contribution in [0.1, 0.15) is 6.92 Å². The zero-order valence-electron chi connectivity index (χ0n) is 13.9. The number of rotatable bonds is 2. The maximum Gasteiger partial charge on any atom is 0.424 e. The lowest BCUT2D eigenvalue weighted by atomic mass is 9.99. The molecule has 0 saturated heterocycles. The smallest absolute Gasteiger partial charge is 0.424 e. The van der Waals surface area contributed by atoms with E-state index in [4.69, 9.17) is 11.2 Å². The Morgan fingerprint density at radius 3 is 2.74 bits per heavy atom. The zero-order chi connectivity index (χ0) is 19.9. The molecule has 10 heteroatoms. The van der Waals surface area contributed by atoms with Gasteiger partial charge in [-0.05, 0) is 11.6 Å². The number of nitrogens with zero attached hydrogens (tertiary/aromatic N) is 3. The number of carbonyl (C=O) groups excluding carboxylic acids is 2. The number of carbonyl (C=O) groups is 2. The molecule has 0 bridgehead atoms. The van der Waals surface area contributed by atoms with Crippen LogP contribution in [0.5, 0.6) is 5.75 Å². The number of anilines is 1. The summed E-state index contributed by atoms with van der Waals surface area (Å²) >= 11 is 0. The van der Waals surface area contributed by atoms with E-state index in [2.05, 4.69) is 11.0 Å². The van der Waals surface area contributed by atoms with Crippen molar-refractivity contribution in [3.05, 3.63) is 29.7 Å². The summed E-state index contributed by atoms with van der Waals surface area (Å²) < 4.78 is 58.9. The number of fused-ring (bicyclic) bond motifs is 1. The summed E-state index contributed by atoms with van der Waals surface area (Å²) in [5.74, 6) is -1.76. The van der Waals surface area contributed by atoms with Crippen LogP contribution in [0.2, 0.25) is 0 Å². The van der Waals surface area contributed by atoms with Gasteiger partial charge in [-0.25, -0.2) is 4.79 Å². The highest BCUT2D eigenvalue weighted by Gasteiger charge is 2.48. The van der Waals surface area contributed by atoms with Crippen LogP contribution in [0, 0.1) is 24.1 Å². The predicted molar refractivity (Wildman–Crippen MR) is 83.7 cm³/mol. The molecular formula is C17H12F4N3O3+. The minimum Gasteiger partial charge on any atom is -0.481 e. The number of benzene rings is 1. The number of terminal acetylenes is 1. The first-order chi connectivity index (χ1) is 12.6. The first-order valence-corrected chi connectivity index (χ1v) is 7.67. The monoisotopic (exact) mass is 382 g/mol. The Kier molecular flexibility index (Phi) is 4.47. The van der Waals surface area contributed by atoms with Crippen molar-refractivity contribution in [2.45, 2.75) is 13.1 Å². The van der Waals surface area contributed by atoms with E-state index in [0.717, 1.165) is 24.0 Å². The molecule has 0 aliphatic carbocycles. The SMILES string of the molecule is C#CCN1C(=O)COc2cc(F)c([N+]3=NC=C(C(F)(F)F)C(C)C3=O)cc21. The topological polar surface area (TPSA) is 62.0 Å². The van der Waals surface area contributed by atoms with Gasteiger partial charge in [0, 0.05) is 17.2 Å². The second-order valence-electron chi connectivity index (χ2n) is 5.81. The van der Waals surface area contributed by atoms with Gasteiger partial charge in [-0.15, -0.1) is 6.42 Å². The van der Waals surface area contributed by atoms with Crippen LogP contribution < -0.4 is 9.64 Å². The molecule has 0 fully saturated rings.